The molecule has 0 unspecified atom stereocenters. The minimum absolute atomic E-state index is 0.139. The van der Waals surface area contributed by atoms with Gasteiger partial charge in [-0.2, -0.15) is 0 Å². The summed E-state index contributed by atoms with van der Waals surface area (Å²) < 4.78 is 9.85. The molecule has 0 fully saturated rings. The number of nitrogens with zero attached hydrogens (tertiary/aromatic N) is 3. The van der Waals surface area contributed by atoms with Crippen molar-refractivity contribution in [1.82, 2.24) is 15.2 Å². The predicted octanol–water partition coefficient (Wildman–Crippen LogP) is 3.10. The van der Waals surface area contributed by atoms with Gasteiger partial charge in [0.1, 0.15) is 5.03 Å². The summed E-state index contributed by atoms with van der Waals surface area (Å²) in [6.07, 6.45) is 1.44. The maximum absolute atomic E-state index is 11.3. The summed E-state index contributed by atoms with van der Waals surface area (Å²) in [6, 6.07) is 1.54. The summed E-state index contributed by atoms with van der Waals surface area (Å²) in [5, 5.41) is 8.63. The second kappa shape index (κ2) is 6.23. The molecule has 100 valence electrons. The Morgan fingerprint density at radius 2 is 2.26 bits per heavy atom. The van der Waals surface area contributed by atoms with Gasteiger partial charge >= 0.3 is 11.9 Å². The van der Waals surface area contributed by atoms with Crippen LogP contribution in [0.25, 0.3) is 0 Å². The van der Waals surface area contributed by atoms with Crippen molar-refractivity contribution in [2.75, 3.05) is 6.61 Å². The zero-order valence-corrected chi connectivity index (χ0v) is 11.9. The van der Waals surface area contributed by atoms with E-state index in [0.29, 0.717) is 15.1 Å². The highest BCUT2D eigenvalue weighted by atomic mass is 35.5. The molecule has 0 bridgehead atoms. The molecule has 0 aromatic carbocycles. The molecule has 2 aromatic heterocycles. The minimum Gasteiger partial charge on any atom is -0.459 e. The van der Waals surface area contributed by atoms with Crippen molar-refractivity contribution < 1.29 is 13.9 Å². The van der Waals surface area contributed by atoms with E-state index in [0.717, 1.165) is 11.8 Å². The van der Waals surface area contributed by atoms with Crippen LogP contribution >= 0.6 is 35.0 Å². The van der Waals surface area contributed by atoms with Crippen molar-refractivity contribution in [2.24, 2.45) is 0 Å². The second-order valence-electron chi connectivity index (χ2n) is 3.14. The Morgan fingerprint density at radius 1 is 1.47 bits per heavy atom. The molecule has 2 heterocycles. The molecule has 2 rings (SSSR count). The van der Waals surface area contributed by atoms with Gasteiger partial charge in [-0.05, 0) is 24.8 Å². The summed E-state index contributed by atoms with van der Waals surface area (Å²) in [5.41, 5.74) is 0. The van der Waals surface area contributed by atoms with Crippen LogP contribution < -0.4 is 0 Å². The van der Waals surface area contributed by atoms with Crippen LogP contribution in [0.4, 0.5) is 0 Å². The van der Waals surface area contributed by atoms with Gasteiger partial charge in [-0.1, -0.05) is 28.3 Å². The number of rotatable bonds is 4. The first kappa shape index (κ1) is 14.1. The summed E-state index contributed by atoms with van der Waals surface area (Å²) in [6.45, 7) is 1.91. The highest BCUT2D eigenvalue weighted by molar-refractivity contribution is 7.99. The Kier molecular flexibility index (Phi) is 4.62. The van der Waals surface area contributed by atoms with Gasteiger partial charge in [0.05, 0.1) is 16.7 Å². The quantitative estimate of drug-likeness (QED) is 0.801. The topological polar surface area (TPSA) is 78.1 Å². The number of aromatic nitrogens is 3. The fourth-order valence-corrected chi connectivity index (χ4v) is 2.21. The van der Waals surface area contributed by atoms with Crippen LogP contribution in [0.5, 0.6) is 0 Å². The summed E-state index contributed by atoms with van der Waals surface area (Å²) in [7, 11) is 0. The predicted molar refractivity (Wildman–Crippen MR) is 68.6 cm³/mol. The van der Waals surface area contributed by atoms with E-state index in [9.17, 15) is 4.79 Å². The van der Waals surface area contributed by atoms with E-state index in [2.05, 4.69) is 15.2 Å². The van der Waals surface area contributed by atoms with Crippen LogP contribution in [0.3, 0.4) is 0 Å². The van der Waals surface area contributed by atoms with Gasteiger partial charge in [0.25, 0.3) is 5.22 Å². The molecule has 0 saturated heterocycles. The summed E-state index contributed by atoms with van der Waals surface area (Å²) >= 11 is 12.7. The first-order valence-corrected chi connectivity index (χ1v) is 6.67. The smallest absolute Gasteiger partial charge is 0.396 e. The number of carbonyl (C=O) groups is 1. The lowest BCUT2D eigenvalue weighted by Gasteiger charge is -1.99. The van der Waals surface area contributed by atoms with Crippen molar-refractivity contribution >= 4 is 40.9 Å². The van der Waals surface area contributed by atoms with Crippen LogP contribution in [0.1, 0.15) is 17.6 Å². The molecule has 0 radical (unpaired) electrons. The van der Waals surface area contributed by atoms with Gasteiger partial charge < -0.3 is 9.15 Å². The Hall–Kier alpha value is -1.31. The van der Waals surface area contributed by atoms with Gasteiger partial charge in [0.2, 0.25) is 0 Å². The molecule has 0 saturated carbocycles. The molecule has 0 spiro atoms. The number of hydrogen-bond acceptors (Lipinski definition) is 7. The molecule has 0 aliphatic rings. The Balaban J connectivity index is 2.13. The van der Waals surface area contributed by atoms with Crippen LogP contribution in [-0.2, 0) is 4.74 Å². The minimum atomic E-state index is -0.669. The van der Waals surface area contributed by atoms with E-state index in [-0.39, 0.29) is 17.7 Å². The van der Waals surface area contributed by atoms with E-state index in [4.69, 9.17) is 32.4 Å². The van der Waals surface area contributed by atoms with Crippen molar-refractivity contribution in [3.63, 3.8) is 0 Å². The zero-order valence-electron chi connectivity index (χ0n) is 9.59. The lowest BCUT2D eigenvalue weighted by Crippen LogP contribution is -2.04. The molecule has 0 N–H and O–H groups in total. The van der Waals surface area contributed by atoms with E-state index >= 15 is 0 Å². The standard InChI is InChI=1S/C10H7Cl2N3O3S/c1-2-17-9(16)7-14-15-10(18-7)19-8-6(12)3-5(11)4-13-8/h3-4H,2H2,1H3. The third kappa shape index (κ3) is 3.59. The molecule has 0 amide bonds. The third-order valence-electron chi connectivity index (χ3n) is 1.81. The normalized spacial score (nSPS) is 10.5. The van der Waals surface area contributed by atoms with E-state index in [1.54, 1.807) is 13.0 Å². The van der Waals surface area contributed by atoms with Crippen molar-refractivity contribution in [3.8, 4) is 0 Å². The lowest BCUT2D eigenvalue weighted by atomic mass is 10.5. The van der Waals surface area contributed by atoms with Gasteiger partial charge in [-0.15, -0.1) is 5.10 Å². The van der Waals surface area contributed by atoms with Crippen molar-refractivity contribution in [1.29, 1.82) is 0 Å². The first-order chi connectivity index (χ1) is 9.10. The van der Waals surface area contributed by atoms with Crippen molar-refractivity contribution in [3.05, 3.63) is 28.2 Å². The number of carbonyl (C=O) groups excluding carboxylic acids is 1. The van der Waals surface area contributed by atoms with E-state index in [1.807, 2.05) is 0 Å². The van der Waals surface area contributed by atoms with Gasteiger partial charge in [0.15, 0.2) is 0 Å². The Labute approximate surface area is 122 Å². The van der Waals surface area contributed by atoms with Gasteiger partial charge in [-0.25, -0.2) is 9.78 Å². The molecule has 0 atom stereocenters. The fourth-order valence-electron chi connectivity index (χ4n) is 1.09. The Bertz CT molecular complexity index is 605. The molecule has 0 aliphatic heterocycles. The molecule has 6 nitrogen and oxygen atoms in total. The van der Waals surface area contributed by atoms with Gasteiger partial charge in [-0.3, -0.25) is 0 Å². The average molecular weight is 320 g/mol. The largest absolute Gasteiger partial charge is 0.459 e. The first-order valence-electron chi connectivity index (χ1n) is 5.09. The molecular formula is C10H7Cl2N3O3S. The van der Waals surface area contributed by atoms with Crippen LogP contribution in [-0.4, -0.2) is 27.8 Å². The molecule has 0 aliphatic carbocycles. The number of halogens is 2. The number of ether oxygens (including phenoxy) is 1. The van der Waals surface area contributed by atoms with E-state index in [1.165, 1.54) is 6.20 Å². The highest BCUT2D eigenvalue weighted by Gasteiger charge is 2.17. The number of hydrogen-bond donors (Lipinski definition) is 0. The molecule has 2 aromatic rings. The van der Waals surface area contributed by atoms with E-state index < -0.39 is 5.97 Å². The summed E-state index contributed by atoms with van der Waals surface area (Å²) in [5.74, 6) is -0.883. The lowest BCUT2D eigenvalue weighted by molar-refractivity contribution is 0.0475. The highest BCUT2D eigenvalue weighted by Crippen LogP contribution is 2.31. The molecular weight excluding hydrogens is 313 g/mol. The monoisotopic (exact) mass is 319 g/mol. The van der Waals surface area contributed by atoms with Gasteiger partial charge in [0, 0.05) is 6.20 Å². The molecule has 19 heavy (non-hydrogen) atoms. The van der Waals surface area contributed by atoms with Crippen LogP contribution in [0.2, 0.25) is 10.0 Å². The maximum atomic E-state index is 11.3. The maximum Gasteiger partial charge on any atom is 0.396 e. The average Bonchev–Trinajstić information content (AvgIpc) is 2.82. The summed E-state index contributed by atoms with van der Waals surface area (Å²) in [4.78, 5) is 15.4. The van der Waals surface area contributed by atoms with Crippen molar-refractivity contribution in [2.45, 2.75) is 17.2 Å². The molecule has 9 heteroatoms. The zero-order chi connectivity index (χ0) is 13.8. The van der Waals surface area contributed by atoms with Crippen LogP contribution in [0.15, 0.2) is 26.9 Å². The third-order valence-corrected chi connectivity index (χ3v) is 3.28. The second-order valence-corrected chi connectivity index (χ2v) is 4.92. The number of pyridine rings is 1. The SMILES string of the molecule is CCOC(=O)c1nnc(Sc2ncc(Cl)cc2Cl)o1. The Morgan fingerprint density at radius 3 is 2.95 bits per heavy atom. The number of esters is 1. The fraction of sp³-hybridized carbons (Fsp3) is 0.200. The van der Waals surface area contributed by atoms with Crippen LogP contribution in [0, 0.1) is 0 Å².